The minimum atomic E-state index is 0.204. The highest BCUT2D eigenvalue weighted by molar-refractivity contribution is 5.94. The predicted molar refractivity (Wildman–Crippen MR) is 69.8 cm³/mol. The number of carbonyl (C=O) groups excluding carboxylic acids is 1. The van der Waals surface area contributed by atoms with E-state index in [2.05, 4.69) is 12.0 Å². The molecule has 0 bridgehead atoms. The Morgan fingerprint density at radius 3 is 2.18 bits per heavy atom. The first kappa shape index (κ1) is 12.6. The minimum absolute atomic E-state index is 0.204. The molecule has 0 N–H and O–H groups in total. The lowest BCUT2D eigenvalue weighted by atomic mass is 9.79. The van der Waals surface area contributed by atoms with Crippen molar-refractivity contribution < 1.29 is 4.79 Å². The Kier molecular flexibility index (Phi) is 4.19. The standard InChI is InChI=1S/C14H24N2O/c1-11-12-9-7-5-3-4-6-8-10-13(12)14(17)16(2)15-11/h12-13H,3-10H2,1-2H3. The van der Waals surface area contributed by atoms with Gasteiger partial charge < -0.3 is 0 Å². The van der Waals surface area contributed by atoms with Gasteiger partial charge in [-0.05, 0) is 19.8 Å². The largest absolute Gasteiger partial charge is 0.273 e. The zero-order valence-electron chi connectivity index (χ0n) is 11.1. The van der Waals surface area contributed by atoms with Crippen molar-refractivity contribution in [3.8, 4) is 0 Å². The van der Waals surface area contributed by atoms with Crippen molar-refractivity contribution in [3.63, 3.8) is 0 Å². The second-order valence-electron chi connectivity index (χ2n) is 5.51. The molecule has 1 amide bonds. The average molecular weight is 236 g/mol. The van der Waals surface area contributed by atoms with E-state index in [9.17, 15) is 4.79 Å². The van der Waals surface area contributed by atoms with E-state index in [1.165, 1.54) is 38.5 Å². The van der Waals surface area contributed by atoms with Crippen molar-refractivity contribution in [2.45, 2.75) is 58.3 Å². The van der Waals surface area contributed by atoms with Crippen molar-refractivity contribution in [2.75, 3.05) is 7.05 Å². The van der Waals surface area contributed by atoms with Gasteiger partial charge in [-0.2, -0.15) is 5.10 Å². The average Bonchev–Trinajstić information content (AvgIpc) is 2.32. The van der Waals surface area contributed by atoms with Gasteiger partial charge in [-0.3, -0.25) is 4.79 Å². The summed E-state index contributed by atoms with van der Waals surface area (Å²) in [6.07, 6.45) is 9.98. The lowest BCUT2D eigenvalue weighted by Crippen LogP contribution is -2.42. The van der Waals surface area contributed by atoms with E-state index < -0.39 is 0 Å². The zero-order valence-corrected chi connectivity index (χ0v) is 11.1. The van der Waals surface area contributed by atoms with Gasteiger partial charge in [0, 0.05) is 24.6 Å². The summed E-state index contributed by atoms with van der Waals surface area (Å²) in [5.74, 6) is 0.855. The Labute approximate surface area is 104 Å². The number of rotatable bonds is 0. The number of nitrogens with zero attached hydrogens (tertiary/aromatic N) is 2. The maximum atomic E-state index is 12.2. The van der Waals surface area contributed by atoms with Gasteiger partial charge in [-0.15, -0.1) is 0 Å². The Morgan fingerprint density at radius 1 is 1.00 bits per heavy atom. The number of fused-ring (bicyclic) bond motifs is 1. The minimum Gasteiger partial charge on any atom is -0.273 e. The third kappa shape index (κ3) is 2.88. The van der Waals surface area contributed by atoms with Crippen LogP contribution in [0.4, 0.5) is 0 Å². The van der Waals surface area contributed by atoms with Crippen molar-refractivity contribution in [3.05, 3.63) is 0 Å². The van der Waals surface area contributed by atoms with Crippen molar-refractivity contribution in [2.24, 2.45) is 16.9 Å². The van der Waals surface area contributed by atoms with Crippen LogP contribution in [0.1, 0.15) is 58.3 Å². The molecule has 3 heteroatoms. The van der Waals surface area contributed by atoms with Gasteiger partial charge in [0.15, 0.2) is 0 Å². The van der Waals surface area contributed by atoms with Gasteiger partial charge in [0.2, 0.25) is 5.91 Å². The second kappa shape index (κ2) is 5.65. The van der Waals surface area contributed by atoms with Crippen LogP contribution in [0, 0.1) is 11.8 Å². The second-order valence-corrected chi connectivity index (χ2v) is 5.51. The van der Waals surface area contributed by atoms with Gasteiger partial charge in [-0.1, -0.05) is 38.5 Å². The fourth-order valence-corrected chi connectivity index (χ4v) is 3.23. The summed E-state index contributed by atoms with van der Waals surface area (Å²) < 4.78 is 0. The van der Waals surface area contributed by atoms with E-state index in [1.807, 2.05) is 0 Å². The molecule has 2 rings (SSSR count). The highest BCUT2D eigenvalue weighted by atomic mass is 16.2. The number of hydrogen-bond acceptors (Lipinski definition) is 2. The number of amides is 1. The van der Waals surface area contributed by atoms with Gasteiger partial charge in [0.05, 0.1) is 0 Å². The van der Waals surface area contributed by atoms with Gasteiger partial charge in [0.1, 0.15) is 0 Å². The monoisotopic (exact) mass is 236 g/mol. The third-order valence-corrected chi connectivity index (χ3v) is 4.25. The number of carbonyl (C=O) groups is 1. The molecule has 0 aromatic heterocycles. The molecule has 1 aliphatic heterocycles. The predicted octanol–water partition coefficient (Wildman–Crippen LogP) is 3.20. The van der Waals surface area contributed by atoms with E-state index in [0.29, 0.717) is 5.92 Å². The normalized spacial score (nSPS) is 31.8. The SMILES string of the molecule is CC1=NN(C)C(=O)C2CCCCCCCCC12. The lowest BCUT2D eigenvalue weighted by molar-refractivity contribution is -0.136. The summed E-state index contributed by atoms with van der Waals surface area (Å²) in [6.45, 7) is 2.09. The molecular weight excluding hydrogens is 212 g/mol. The highest BCUT2D eigenvalue weighted by Gasteiger charge is 2.35. The molecule has 1 saturated carbocycles. The molecule has 0 aromatic rings. The van der Waals surface area contributed by atoms with Crippen LogP contribution in [-0.4, -0.2) is 23.7 Å². The van der Waals surface area contributed by atoms with Gasteiger partial charge in [-0.25, -0.2) is 5.01 Å². The summed E-state index contributed by atoms with van der Waals surface area (Å²) >= 11 is 0. The van der Waals surface area contributed by atoms with Crippen molar-refractivity contribution in [1.29, 1.82) is 0 Å². The number of hydrogen-bond donors (Lipinski definition) is 0. The summed E-state index contributed by atoms with van der Waals surface area (Å²) in [7, 11) is 1.79. The Balaban J connectivity index is 2.13. The van der Waals surface area contributed by atoms with Crippen molar-refractivity contribution >= 4 is 11.6 Å². The van der Waals surface area contributed by atoms with E-state index in [4.69, 9.17) is 0 Å². The van der Waals surface area contributed by atoms with Crippen LogP contribution < -0.4 is 0 Å². The molecule has 0 spiro atoms. The van der Waals surface area contributed by atoms with Crippen LogP contribution in [0.3, 0.4) is 0 Å². The maximum absolute atomic E-state index is 12.2. The number of hydrazone groups is 1. The summed E-state index contributed by atoms with van der Waals surface area (Å²) in [5.41, 5.74) is 1.16. The van der Waals surface area contributed by atoms with E-state index in [-0.39, 0.29) is 11.8 Å². The van der Waals surface area contributed by atoms with Crippen LogP contribution in [0.5, 0.6) is 0 Å². The molecule has 1 aliphatic carbocycles. The molecule has 0 saturated heterocycles. The summed E-state index contributed by atoms with van der Waals surface area (Å²) in [6, 6.07) is 0. The first-order chi connectivity index (χ1) is 8.20. The van der Waals surface area contributed by atoms with E-state index >= 15 is 0 Å². The molecule has 96 valence electrons. The molecular formula is C14H24N2O. The Bertz CT molecular complexity index is 311. The van der Waals surface area contributed by atoms with Crippen LogP contribution in [-0.2, 0) is 4.79 Å². The van der Waals surface area contributed by atoms with E-state index in [1.54, 1.807) is 12.1 Å². The van der Waals surface area contributed by atoms with Crippen LogP contribution in [0.25, 0.3) is 0 Å². The van der Waals surface area contributed by atoms with Crippen LogP contribution in [0.2, 0.25) is 0 Å². The fourth-order valence-electron chi connectivity index (χ4n) is 3.23. The Morgan fingerprint density at radius 2 is 1.53 bits per heavy atom. The van der Waals surface area contributed by atoms with Crippen LogP contribution >= 0.6 is 0 Å². The van der Waals surface area contributed by atoms with Gasteiger partial charge in [0.25, 0.3) is 0 Å². The molecule has 17 heavy (non-hydrogen) atoms. The van der Waals surface area contributed by atoms with Crippen molar-refractivity contribution in [1.82, 2.24) is 5.01 Å². The Hall–Kier alpha value is -0.860. The molecule has 2 unspecified atom stereocenters. The van der Waals surface area contributed by atoms with Crippen LogP contribution in [0.15, 0.2) is 5.10 Å². The molecule has 0 radical (unpaired) electrons. The summed E-state index contributed by atoms with van der Waals surface area (Å²) in [5, 5.41) is 5.93. The quantitative estimate of drug-likeness (QED) is 0.635. The molecule has 1 fully saturated rings. The maximum Gasteiger partial charge on any atom is 0.246 e. The smallest absolute Gasteiger partial charge is 0.246 e. The molecule has 1 heterocycles. The van der Waals surface area contributed by atoms with E-state index in [0.717, 1.165) is 18.6 Å². The zero-order chi connectivity index (χ0) is 12.3. The molecule has 0 aromatic carbocycles. The topological polar surface area (TPSA) is 32.7 Å². The first-order valence-electron chi connectivity index (χ1n) is 7.03. The first-order valence-corrected chi connectivity index (χ1v) is 7.03. The summed E-state index contributed by atoms with van der Waals surface area (Å²) in [4.78, 5) is 12.2. The lowest BCUT2D eigenvalue weighted by Gasteiger charge is -2.34. The molecule has 3 nitrogen and oxygen atoms in total. The fraction of sp³-hybridized carbons (Fsp3) is 0.857. The third-order valence-electron chi connectivity index (χ3n) is 4.25. The van der Waals surface area contributed by atoms with Gasteiger partial charge >= 0.3 is 0 Å². The molecule has 2 aliphatic rings. The highest BCUT2D eigenvalue weighted by Crippen LogP contribution is 2.32. The molecule has 2 atom stereocenters.